The van der Waals surface area contributed by atoms with E-state index in [4.69, 9.17) is 0 Å². The fourth-order valence-electron chi connectivity index (χ4n) is 1.95. The van der Waals surface area contributed by atoms with Gasteiger partial charge in [0.1, 0.15) is 6.20 Å². The van der Waals surface area contributed by atoms with Crippen molar-refractivity contribution in [3.8, 4) is 0 Å². The third-order valence-corrected chi connectivity index (χ3v) is 3.41. The second-order valence-electron chi connectivity index (χ2n) is 4.90. The van der Waals surface area contributed by atoms with Crippen molar-refractivity contribution in [3.63, 3.8) is 0 Å². The molecule has 0 unspecified atom stereocenters. The molecular weight excluding hydrogens is 268 g/mol. The topological polar surface area (TPSA) is 83.9 Å². The molecule has 2 aromatic rings. The zero-order chi connectivity index (χ0) is 14.2. The van der Waals surface area contributed by atoms with E-state index < -0.39 is 10.5 Å². The van der Waals surface area contributed by atoms with Crippen LogP contribution >= 0.6 is 11.3 Å². The molecule has 0 aliphatic rings. The minimum atomic E-state index is -0.944. The summed E-state index contributed by atoms with van der Waals surface area (Å²) in [6.07, 6.45) is 1.63. The van der Waals surface area contributed by atoms with Gasteiger partial charge in [0.15, 0.2) is 0 Å². The molecule has 0 fully saturated rings. The van der Waals surface area contributed by atoms with E-state index in [1.165, 1.54) is 15.7 Å². The van der Waals surface area contributed by atoms with E-state index in [1.807, 2.05) is 6.92 Å². The molecule has 0 saturated heterocycles. The van der Waals surface area contributed by atoms with Crippen molar-refractivity contribution in [3.05, 3.63) is 21.7 Å². The van der Waals surface area contributed by atoms with Gasteiger partial charge in [-0.05, 0) is 25.7 Å². The van der Waals surface area contributed by atoms with E-state index in [1.54, 1.807) is 30.3 Å². The number of hydrogen-bond donors (Lipinski definition) is 1. The number of hydrogen-bond acceptors (Lipinski definition) is 6. The third-order valence-electron chi connectivity index (χ3n) is 2.65. The molecule has 0 bridgehead atoms. The molecule has 2 rings (SSSR count). The number of thiazole rings is 1. The number of aliphatic hydroxyl groups is 1. The lowest BCUT2D eigenvalue weighted by Gasteiger charge is -2.27. The summed E-state index contributed by atoms with van der Waals surface area (Å²) in [6.45, 7) is 6.04. The number of fused-ring (bicyclic) bond motifs is 1. The van der Waals surface area contributed by atoms with Gasteiger partial charge in [0.2, 0.25) is 5.82 Å². The standard InChI is InChI=1S/C11H16N4O3S/c1-4-13(7-11(2,3)16)8-9(15(17)18)14-5-6-19-10(14)12-8/h5-6,16H,4,7H2,1-3H3. The van der Waals surface area contributed by atoms with Gasteiger partial charge in [-0.25, -0.2) is 0 Å². The van der Waals surface area contributed by atoms with Crippen LogP contribution < -0.4 is 4.90 Å². The predicted octanol–water partition coefficient (Wildman–Crippen LogP) is 1.90. The van der Waals surface area contributed by atoms with Crippen LogP contribution in [0.5, 0.6) is 0 Å². The summed E-state index contributed by atoms with van der Waals surface area (Å²) in [7, 11) is 0. The number of aromatic nitrogens is 2. The number of likely N-dealkylation sites (N-methyl/N-ethyl adjacent to an activating group) is 1. The van der Waals surface area contributed by atoms with Gasteiger partial charge in [0, 0.05) is 18.5 Å². The van der Waals surface area contributed by atoms with Gasteiger partial charge >= 0.3 is 5.82 Å². The minimum Gasteiger partial charge on any atom is -0.389 e. The zero-order valence-corrected chi connectivity index (χ0v) is 11.8. The highest BCUT2D eigenvalue weighted by atomic mass is 32.1. The Balaban J connectivity index is 2.50. The summed E-state index contributed by atoms with van der Waals surface area (Å²) in [4.78, 5) is 17.4. The van der Waals surface area contributed by atoms with Gasteiger partial charge in [0.25, 0.3) is 4.96 Å². The molecule has 7 nitrogen and oxygen atoms in total. The Morgan fingerprint density at radius 2 is 2.32 bits per heavy atom. The number of imidazole rings is 1. The Hall–Kier alpha value is -1.67. The lowest BCUT2D eigenvalue weighted by atomic mass is 10.1. The van der Waals surface area contributed by atoms with E-state index in [2.05, 4.69) is 4.98 Å². The summed E-state index contributed by atoms with van der Waals surface area (Å²) in [5.74, 6) is 0.254. The molecule has 2 aromatic heterocycles. The van der Waals surface area contributed by atoms with Crippen molar-refractivity contribution >= 4 is 27.9 Å². The van der Waals surface area contributed by atoms with Gasteiger partial charge in [-0.1, -0.05) is 11.3 Å². The largest absolute Gasteiger partial charge is 0.389 e. The quantitative estimate of drug-likeness (QED) is 0.669. The SMILES string of the molecule is CCN(CC(C)(C)O)c1nc2sccn2c1[N+](=O)[O-]. The van der Waals surface area contributed by atoms with Crippen molar-refractivity contribution < 1.29 is 10.0 Å². The average Bonchev–Trinajstić information content (AvgIpc) is 2.82. The molecule has 0 saturated carbocycles. The molecule has 1 N–H and O–H groups in total. The first-order valence-corrected chi connectivity index (χ1v) is 6.78. The molecule has 8 heteroatoms. The van der Waals surface area contributed by atoms with Gasteiger partial charge in [-0.3, -0.25) is 0 Å². The van der Waals surface area contributed by atoms with Crippen LogP contribution in [0.1, 0.15) is 20.8 Å². The molecule has 0 amide bonds. The number of nitrogens with zero attached hydrogens (tertiary/aromatic N) is 4. The van der Waals surface area contributed by atoms with E-state index in [9.17, 15) is 15.2 Å². The van der Waals surface area contributed by atoms with Crippen molar-refractivity contribution in [2.75, 3.05) is 18.0 Å². The molecule has 2 heterocycles. The smallest absolute Gasteiger partial charge is 0.373 e. The van der Waals surface area contributed by atoms with E-state index in [0.29, 0.717) is 17.3 Å². The van der Waals surface area contributed by atoms with Crippen LogP contribution in [-0.4, -0.2) is 38.1 Å². The molecule has 0 atom stereocenters. The lowest BCUT2D eigenvalue weighted by molar-refractivity contribution is -0.389. The highest BCUT2D eigenvalue weighted by Gasteiger charge is 2.29. The molecule has 0 aliphatic heterocycles. The monoisotopic (exact) mass is 284 g/mol. The lowest BCUT2D eigenvalue weighted by Crippen LogP contribution is -2.39. The van der Waals surface area contributed by atoms with Crippen molar-refractivity contribution in [2.24, 2.45) is 0 Å². The molecule has 0 radical (unpaired) electrons. The normalized spacial score (nSPS) is 12.0. The van der Waals surface area contributed by atoms with E-state index in [-0.39, 0.29) is 12.4 Å². The van der Waals surface area contributed by atoms with Crippen LogP contribution in [0.15, 0.2) is 11.6 Å². The van der Waals surface area contributed by atoms with E-state index in [0.717, 1.165) is 0 Å². The number of nitro groups is 1. The molecule has 0 aromatic carbocycles. The van der Waals surface area contributed by atoms with Gasteiger partial charge in [0.05, 0.1) is 5.60 Å². The number of anilines is 1. The maximum Gasteiger partial charge on any atom is 0.373 e. The molecular formula is C11H16N4O3S. The second kappa shape index (κ2) is 4.78. The Morgan fingerprint density at radius 3 is 2.84 bits per heavy atom. The van der Waals surface area contributed by atoms with Gasteiger partial charge in [-0.15, -0.1) is 0 Å². The van der Waals surface area contributed by atoms with Gasteiger partial charge in [-0.2, -0.15) is 9.38 Å². The first kappa shape index (κ1) is 13.8. The van der Waals surface area contributed by atoms with Crippen molar-refractivity contribution in [1.29, 1.82) is 0 Å². The summed E-state index contributed by atoms with van der Waals surface area (Å²) < 4.78 is 1.47. The Bertz CT molecular complexity index is 599. The van der Waals surface area contributed by atoms with E-state index >= 15 is 0 Å². The van der Waals surface area contributed by atoms with Crippen LogP contribution in [0.2, 0.25) is 0 Å². The highest BCUT2D eigenvalue weighted by Crippen LogP contribution is 2.31. The van der Waals surface area contributed by atoms with Crippen molar-refractivity contribution in [1.82, 2.24) is 9.38 Å². The molecule has 104 valence electrons. The fourth-order valence-corrected chi connectivity index (χ4v) is 2.65. The average molecular weight is 284 g/mol. The number of rotatable bonds is 5. The zero-order valence-electron chi connectivity index (χ0n) is 11.0. The van der Waals surface area contributed by atoms with Crippen LogP contribution in [0.25, 0.3) is 4.96 Å². The molecule has 0 spiro atoms. The Morgan fingerprint density at radius 1 is 1.63 bits per heavy atom. The fraction of sp³-hybridized carbons (Fsp3) is 0.545. The molecule has 19 heavy (non-hydrogen) atoms. The van der Waals surface area contributed by atoms with Crippen molar-refractivity contribution in [2.45, 2.75) is 26.4 Å². The summed E-state index contributed by atoms with van der Waals surface area (Å²) in [6, 6.07) is 0. The molecule has 0 aliphatic carbocycles. The van der Waals surface area contributed by atoms with Crippen LogP contribution in [-0.2, 0) is 0 Å². The maximum atomic E-state index is 11.2. The van der Waals surface area contributed by atoms with Crippen LogP contribution in [0.4, 0.5) is 11.6 Å². The maximum absolute atomic E-state index is 11.2. The first-order valence-electron chi connectivity index (χ1n) is 5.90. The van der Waals surface area contributed by atoms with Crippen LogP contribution in [0.3, 0.4) is 0 Å². The minimum absolute atomic E-state index is 0.0534. The highest BCUT2D eigenvalue weighted by molar-refractivity contribution is 7.15. The predicted molar refractivity (Wildman–Crippen MR) is 73.9 cm³/mol. The third kappa shape index (κ3) is 2.69. The Labute approximate surface area is 114 Å². The summed E-state index contributed by atoms with van der Waals surface area (Å²) in [5.41, 5.74) is -0.944. The van der Waals surface area contributed by atoms with Gasteiger partial charge < -0.3 is 20.1 Å². The second-order valence-corrected chi connectivity index (χ2v) is 5.77. The van der Waals surface area contributed by atoms with Crippen LogP contribution in [0, 0.1) is 10.1 Å². The first-order chi connectivity index (χ1) is 8.83. The summed E-state index contributed by atoms with van der Waals surface area (Å²) >= 11 is 1.34. The Kier molecular flexibility index (Phi) is 3.46. The summed E-state index contributed by atoms with van der Waals surface area (Å²) in [5, 5.41) is 22.9.